The van der Waals surface area contributed by atoms with Crippen LogP contribution in [0.2, 0.25) is 0 Å². The van der Waals surface area contributed by atoms with Gasteiger partial charge >= 0.3 is 0 Å². The molecule has 2 aliphatic heterocycles. The van der Waals surface area contributed by atoms with E-state index in [-0.39, 0.29) is 18.2 Å². The van der Waals surface area contributed by atoms with Gasteiger partial charge in [-0.1, -0.05) is 25.1 Å². The summed E-state index contributed by atoms with van der Waals surface area (Å²) in [5.41, 5.74) is 10.2. The van der Waals surface area contributed by atoms with E-state index in [1.165, 1.54) is 5.06 Å². The molecule has 0 bridgehead atoms. The smallest absolute Gasteiger partial charge is 0.273 e. The van der Waals surface area contributed by atoms with Crippen molar-refractivity contribution >= 4 is 29.4 Å². The maximum absolute atomic E-state index is 13.0. The molecule has 3 N–H and O–H groups in total. The first kappa shape index (κ1) is 24.6. The van der Waals surface area contributed by atoms with Crippen LogP contribution >= 0.6 is 0 Å². The van der Waals surface area contributed by atoms with E-state index in [0.717, 1.165) is 23.1 Å². The highest BCUT2D eigenvalue weighted by molar-refractivity contribution is 6.05. The van der Waals surface area contributed by atoms with E-state index in [4.69, 9.17) is 10.6 Å². The summed E-state index contributed by atoms with van der Waals surface area (Å²) in [6.45, 7) is 5.61. The highest BCUT2D eigenvalue weighted by atomic mass is 16.7. The van der Waals surface area contributed by atoms with Crippen LogP contribution in [0.5, 0.6) is 0 Å². The van der Waals surface area contributed by atoms with Gasteiger partial charge in [-0.3, -0.25) is 19.4 Å². The molecule has 184 valence electrons. The molecule has 0 unspecified atom stereocenters. The van der Waals surface area contributed by atoms with Crippen LogP contribution in [0, 0.1) is 0 Å². The normalized spacial score (nSPS) is 17.3. The van der Waals surface area contributed by atoms with Crippen LogP contribution in [0.25, 0.3) is 17.2 Å². The lowest BCUT2D eigenvalue weighted by atomic mass is 10.0. The summed E-state index contributed by atoms with van der Waals surface area (Å²) < 4.78 is 0. The summed E-state index contributed by atoms with van der Waals surface area (Å²) in [7, 11) is 0. The molecule has 0 aliphatic carbocycles. The van der Waals surface area contributed by atoms with Crippen LogP contribution in [0.3, 0.4) is 0 Å². The van der Waals surface area contributed by atoms with Gasteiger partial charge in [0.2, 0.25) is 0 Å². The molecule has 9 heteroatoms. The summed E-state index contributed by atoms with van der Waals surface area (Å²) in [6.07, 6.45) is 4.61. The predicted molar refractivity (Wildman–Crippen MR) is 134 cm³/mol. The van der Waals surface area contributed by atoms with Crippen LogP contribution in [-0.2, 0) is 9.63 Å². The third-order valence-corrected chi connectivity index (χ3v) is 5.98. The molecular weight excluding hydrogens is 446 g/mol. The van der Waals surface area contributed by atoms with E-state index in [1.807, 2.05) is 44.2 Å². The molecule has 0 spiro atoms. The van der Waals surface area contributed by atoms with Crippen molar-refractivity contribution < 1.29 is 19.5 Å². The average molecular weight is 478 g/mol. The van der Waals surface area contributed by atoms with Crippen LogP contribution in [0.4, 0.5) is 5.69 Å². The number of rotatable bonds is 7. The number of aliphatic hydroxyl groups is 1. The number of carbonyl (C=O) groups is 2. The Morgan fingerprint density at radius 3 is 2.69 bits per heavy atom. The number of aliphatic imine (C=N–C) groups is 1. The third-order valence-electron chi connectivity index (χ3n) is 5.98. The lowest BCUT2D eigenvalue weighted by molar-refractivity contribution is -0.180. The largest absolute Gasteiger partial charge is 0.391 e. The van der Waals surface area contributed by atoms with Gasteiger partial charge in [-0.05, 0) is 43.5 Å². The Morgan fingerprint density at radius 2 is 2.03 bits per heavy atom. The lowest BCUT2D eigenvalue weighted by Gasteiger charge is -2.21. The second-order valence-electron chi connectivity index (χ2n) is 8.67. The Morgan fingerprint density at radius 1 is 1.23 bits per heavy atom. The summed E-state index contributed by atoms with van der Waals surface area (Å²) in [5.74, 6) is -0.0435. The molecule has 1 fully saturated rings. The summed E-state index contributed by atoms with van der Waals surface area (Å²) in [6, 6.07) is 9.26. The summed E-state index contributed by atoms with van der Waals surface area (Å²) >= 11 is 0. The predicted octanol–water partition coefficient (Wildman–Crippen LogP) is 2.92. The average Bonchev–Trinajstić information content (AvgIpc) is 3.21. The Kier molecular flexibility index (Phi) is 7.57. The fraction of sp³-hybridized carbons (Fsp3) is 0.385. The highest BCUT2D eigenvalue weighted by Crippen LogP contribution is 2.32. The van der Waals surface area contributed by atoms with Crippen molar-refractivity contribution in [3.63, 3.8) is 0 Å². The van der Waals surface area contributed by atoms with Crippen LogP contribution in [-0.4, -0.2) is 70.0 Å². The van der Waals surface area contributed by atoms with Gasteiger partial charge in [-0.15, -0.1) is 0 Å². The minimum Gasteiger partial charge on any atom is -0.391 e. The third kappa shape index (κ3) is 5.58. The molecule has 2 aliphatic rings. The Hall–Kier alpha value is -3.56. The second-order valence-corrected chi connectivity index (χ2v) is 8.67. The van der Waals surface area contributed by atoms with Gasteiger partial charge in [0, 0.05) is 49.0 Å². The lowest BCUT2D eigenvalue weighted by Crippen LogP contribution is -2.34. The van der Waals surface area contributed by atoms with Crippen molar-refractivity contribution in [2.75, 3.05) is 26.2 Å². The quantitative estimate of drug-likeness (QED) is 0.592. The number of nitrogens with two attached hydrogens (primary N) is 1. The van der Waals surface area contributed by atoms with Gasteiger partial charge in [-0.2, -0.15) is 0 Å². The molecule has 1 aromatic heterocycles. The standard InChI is InChI=1S/C26H31N5O4/c1-3-10-31(35-4-2)25(33)20-12-18-6-5-17(13-23(18)29-24(27)14-20)19-7-8-22(28-15-19)26(34)30-11-9-21(32)16-30/h5-8,12-13,15,21,32H,3-4,9-11,14,16H2,1-2H3,(H2,27,29)/t21-/m1/s1. The fourth-order valence-corrected chi connectivity index (χ4v) is 4.23. The number of pyridine rings is 1. The van der Waals surface area contributed by atoms with Gasteiger partial charge in [0.25, 0.3) is 11.8 Å². The zero-order valence-corrected chi connectivity index (χ0v) is 20.1. The molecule has 2 aromatic rings. The van der Waals surface area contributed by atoms with Gasteiger partial charge in [0.1, 0.15) is 11.5 Å². The number of aliphatic hydroxyl groups excluding tert-OH is 1. The zero-order valence-electron chi connectivity index (χ0n) is 20.1. The number of amides is 2. The van der Waals surface area contributed by atoms with Crippen molar-refractivity contribution in [2.45, 2.75) is 39.2 Å². The number of amidine groups is 1. The molecule has 3 heterocycles. The molecule has 0 saturated carbocycles. The SMILES string of the molecule is CCCN(OCC)C(=O)C1=Cc2ccc(-c3ccc(C(=O)N4CC[C@@H](O)C4)nc3)cc2N=C(N)C1. The van der Waals surface area contributed by atoms with E-state index >= 15 is 0 Å². The second kappa shape index (κ2) is 10.8. The molecule has 35 heavy (non-hydrogen) atoms. The minimum atomic E-state index is -0.468. The molecule has 9 nitrogen and oxygen atoms in total. The van der Waals surface area contributed by atoms with Crippen molar-refractivity contribution in [2.24, 2.45) is 10.7 Å². The van der Waals surface area contributed by atoms with Gasteiger partial charge in [-0.25, -0.2) is 10.1 Å². The fourth-order valence-electron chi connectivity index (χ4n) is 4.23. The van der Waals surface area contributed by atoms with Gasteiger partial charge < -0.3 is 15.7 Å². The molecule has 1 saturated heterocycles. The molecule has 2 amide bonds. The van der Waals surface area contributed by atoms with E-state index in [2.05, 4.69) is 9.98 Å². The number of nitrogens with zero attached hydrogens (tertiary/aromatic N) is 4. The molecule has 0 radical (unpaired) electrons. The maximum atomic E-state index is 13.0. The first-order valence-electron chi connectivity index (χ1n) is 12.0. The number of hydrogen-bond donors (Lipinski definition) is 2. The van der Waals surface area contributed by atoms with Gasteiger partial charge in [0.05, 0.1) is 18.4 Å². The Labute approximate surface area is 204 Å². The van der Waals surface area contributed by atoms with Crippen molar-refractivity contribution in [3.8, 4) is 11.1 Å². The number of fused-ring (bicyclic) bond motifs is 1. The molecule has 1 aromatic carbocycles. The minimum absolute atomic E-state index is 0.182. The van der Waals surface area contributed by atoms with Crippen LogP contribution in [0.1, 0.15) is 49.2 Å². The van der Waals surface area contributed by atoms with Crippen molar-refractivity contribution in [1.82, 2.24) is 14.9 Å². The van der Waals surface area contributed by atoms with E-state index < -0.39 is 6.10 Å². The number of benzene rings is 1. The molecule has 4 rings (SSSR count). The number of hydroxylamine groups is 2. The summed E-state index contributed by atoms with van der Waals surface area (Å²) in [4.78, 5) is 41.7. The summed E-state index contributed by atoms with van der Waals surface area (Å²) in [5, 5.41) is 11.1. The monoisotopic (exact) mass is 477 g/mol. The van der Waals surface area contributed by atoms with Gasteiger partial charge in [0.15, 0.2) is 0 Å². The molecular formula is C26H31N5O4. The van der Waals surface area contributed by atoms with Crippen molar-refractivity contribution in [1.29, 1.82) is 0 Å². The Bertz CT molecular complexity index is 1150. The van der Waals surface area contributed by atoms with Crippen LogP contribution in [0.15, 0.2) is 47.1 Å². The maximum Gasteiger partial charge on any atom is 0.273 e. The number of carbonyl (C=O) groups excluding carboxylic acids is 2. The number of hydrogen-bond acceptors (Lipinski definition) is 7. The van der Waals surface area contributed by atoms with E-state index in [9.17, 15) is 14.7 Å². The number of β-amino-alcohol motifs (C(OH)–C–C–N with tert-alkyl or cyclic N) is 1. The zero-order chi connectivity index (χ0) is 24.9. The molecule has 1 atom stereocenters. The number of likely N-dealkylation sites (tertiary alicyclic amines) is 1. The van der Waals surface area contributed by atoms with E-state index in [1.54, 1.807) is 17.2 Å². The topological polar surface area (TPSA) is 121 Å². The first-order chi connectivity index (χ1) is 16.9. The van der Waals surface area contributed by atoms with Crippen LogP contribution < -0.4 is 5.73 Å². The first-order valence-corrected chi connectivity index (χ1v) is 12.0. The van der Waals surface area contributed by atoms with E-state index in [0.29, 0.717) is 55.5 Å². The number of aromatic nitrogens is 1. The highest BCUT2D eigenvalue weighted by Gasteiger charge is 2.26. The Balaban J connectivity index is 1.57. The van der Waals surface area contributed by atoms with Crippen molar-refractivity contribution in [3.05, 3.63) is 53.4 Å².